The van der Waals surface area contributed by atoms with E-state index in [9.17, 15) is 9.18 Å². The van der Waals surface area contributed by atoms with Gasteiger partial charge in [-0.25, -0.2) is 13.9 Å². The first-order valence-electron chi connectivity index (χ1n) is 7.68. The number of hydrogen-bond donors (Lipinski definition) is 0. The predicted molar refractivity (Wildman–Crippen MR) is 90.3 cm³/mol. The van der Waals surface area contributed by atoms with Crippen molar-refractivity contribution in [2.24, 2.45) is 0 Å². The number of nitrogens with zero attached hydrogens (tertiary/aromatic N) is 4. The summed E-state index contributed by atoms with van der Waals surface area (Å²) in [6.07, 6.45) is 0.194. The average Bonchev–Trinajstić information content (AvgIpc) is 2.87. The van der Waals surface area contributed by atoms with E-state index in [1.165, 1.54) is 12.1 Å². The van der Waals surface area contributed by atoms with E-state index in [0.29, 0.717) is 11.3 Å². The zero-order valence-electron chi connectivity index (χ0n) is 14.2. The molecule has 0 bridgehead atoms. The van der Waals surface area contributed by atoms with Crippen LogP contribution in [0.25, 0.3) is 16.9 Å². The van der Waals surface area contributed by atoms with Crippen molar-refractivity contribution in [2.75, 3.05) is 14.1 Å². The van der Waals surface area contributed by atoms with E-state index in [2.05, 4.69) is 10.1 Å². The van der Waals surface area contributed by atoms with Gasteiger partial charge in [0.1, 0.15) is 5.82 Å². The molecule has 0 aliphatic heterocycles. The molecule has 0 unspecified atom stereocenters. The highest BCUT2D eigenvalue weighted by Crippen LogP contribution is 2.27. The fourth-order valence-corrected chi connectivity index (χ4v) is 2.68. The Balaban J connectivity index is 2.25. The summed E-state index contributed by atoms with van der Waals surface area (Å²) in [6, 6.07) is 8.06. The van der Waals surface area contributed by atoms with E-state index in [1.807, 2.05) is 19.9 Å². The Morgan fingerprint density at radius 1 is 1.21 bits per heavy atom. The summed E-state index contributed by atoms with van der Waals surface area (Å²) in [4.78, 5) is 18.4. The quantitative estimate of drug-likeness (QED) is 0.744. The van der Waals surface area contributed by atoms with E-state index in [4.69, 9.17) is 0 Å². The van der Waals surface area contributed by atoms with Crippen LogP contribution in [0.4, 0.5) is 4.39 Å². The van der Waals surface area contributed by atoms with Crippen molar-refractivity contribution < 1.29 is 9.18 Å². The summed E-state index contributed by atoms with van der Waals surface area (Å²) in [5.74, 6) is -0.340. The van der Waals surface area contributed by atoms with Gasteiger partial charge in [0.15, 0.2) is 5.65 Å². The van der Waals surface area contributed by atoms with Gasteiger partial charge >= 0.3 is 0 Å². The van der Waals surface area contributed by atoms with E-state index in [1.54, 1.807) is 35.6 Å². The number of aryl methyl sites for hydroxylation is 2. The molecule has 0 aliphatic rings. The number of amides is 1. The van der Waals surface area contributed by atoms with E-state index in [0.717, 1.165) is 22.5 Å². The molecule has 0 atom stereocenters. The standard InChI is InChI=1S/C18H19FN4O/c1-11-9-12(2)23-18(20-11)15(10-16(24)22(3)4)17(21-23)13-5-7-14(19)8-6-13/h5-9H,10H2,1-4H3/i19-1. The lowest BCUT2D eigenvalue weighted by atomic mass is 10.0. The minimum absolute atomic E-state index is 0.0331. The number of hydrogen-bond acceptors (Lipinski definition) is 3. The zero-order chi connectivity index (χ0) is 17.4. The summed E-state index contributed by atoms with van der Waals surface area (Å²) < 4.78 is 15.0. The third-order valence-corrected chi connectivity index (χ3v) is 3.93. The molecule has 6 heteroatoms. The lowest BCUT2D eigenvalue weighted by molar-refractivity contribution is -0.127. The van der Waals surface area contributed by atoms with Crippen LogP contribution < -0.4 is 0 Å². The second kappa shape index (κ2) is 6.03. The first-order chi connectivity index (χ1) is 11.4. The van der Waals surface area contributed by atoms with Gasteiger partial charge in [0.05, 0.1) is 12.1 Å². The summed E-state index contributed by atoms with van der Waals surface area (Å²) in [7, 11) is 3.44. The van der Waals surface area contributed by atoms with Crippen LogP contribution in [-0.4, -0.2) is 39.5 Å². The molecule has 0 saturated carbocycles. The number of benzene rings is 1. The highest BCUT2D eigenvalue weighted by Gasteiger charge is 2.20. The van der Waals surface area contributed by atoms with Crippen LogP contribution >= 0.6 is 0 Å². The molecule has 1 aromatic carbocycles. The summed E-state index contributed by atoms with van der Waals surface area (Å²) >= 11 is 0. The maximum atomic E-state index is 13.2. The Morgan fingerprint density at radius 3 is 2.50 bits per heavy atom. The van der Waals surface area contributed by atoms with Crippen LogP contribution in [0.5, 0.6) is 0 Å². The molecule has 2 heterocycles. The first-order valence-corrected chi connectivity index (χ1v) is 7.68. The summed E-state index contributed by atoms with van der Waals surface area (Å²) in [5.41, 5.74) is 4.65. The van der Waals surface area contributed by atoms with Crippen LogP contribution in [0, 0.1) is 19.7 Å². The minimum atomic E-state index is -0.307. The molecule has 3 aromatic rings. The molecule has 0 saturated heterocycles. The maximum Gasteiger partial charge on any atom is 0.226 e. The molecule has 24 heavy (non-hydrogen) atoms. The van der Waals surface area contributed by atoms with Gasteiger partial charge in [0.25, 0.3) is 0 Å². The fourth-order valence-electron chi connectivity index (χ4n) is 2.68. The van der Waals surface area contributed by atoms with Crippen molar-refractivity contribution >= 4 is 11.6 Å². The fraction of sp³-hybridized carbons (Fsp3) is 0.278. The number of halogens is 1. The van der Waals surface area contributed by atoms with Gasteiger partial charge in [-0.3, -0.25) is 4.79 Å². The highest BCUT2D eigenvalue weighted by atomic mass is 18.2. The SMILES string of the molecule is Cc1cc(C)n2nc(-c3ccc([18F])cc3)c(CC(=O)N(C)C)c2n1. The predicted octanol–water partition coefficient (Wildman–Crippen LogP) is 2.78. The average molecular weight is 325 g/mol. The number of rotatable bonds is 3. The number of carbonyl (C=O) groups excluding carboxylic acids is 1. The first kappa shape index (κ1) is 16.1. The summed E-state index contributed by atoms with van der Waals surface area (Å²) in [6.45, 7) is 3.86. The van der Waals surface area contributed by atoms with Gasteiger partial charge < -0.3 is 4.90 Å². The van der Waals surface area contributed by atoms with Gasteiger partial charge in [-0.15, -0.1) is 0 Å². The molecule has 1 amide bonds. The third kappa shape index (κ3) is 2.87. The molecular weight excluding hydrogens is 306 g/mol. The Bertz CT molecular complexity index is 913. The van der Waals surface area contributed by atoms with Gasteiger partial charge in [-0.2, -0.15) is 5.10 Å². The lowest BCUT2D eigenvalue weighted by Gasteiger charge is -2.10. The molecule has 124 valence electrons. The topological polar surface area (TPSA) is 50.5 Å². The van der Waals surface area contributed by atoms with Crippen molar-refractivity contribution in [3.63, 3.8) is 0 Å². The Hall–Kier alpha value is -2.76. The van der Waals surface area contributed by atoms with Crippen molar-refractivity contribution in [1.82, 2.24) is 19.5 Å². The molecule has 0 spiro atoms. The second-order valence-corrected chi connectivity index (χ2v) is 6.07. The van der Waals surface area contributed by atoms with Gasteiger partial charge in [-0.1, -0.05) is 0 Å². The number of carbonyl (C=O) groups is 1. The maximum absolute atomic E-state index is 13.2. The van der Waals surface area contributed by atoms with E-state index in [-0.39, 0.29) is 18.1 Å². The Labute approximate surface area is 139 Å². The van der Waals surface area contributed by atoms with Crippen molar-refractivity contribution in [2.45, 2.75) is 20.3 Å². The minimum Gasteiger partial charge on any atom is -0.349 e. The second-order valence-electron chi connectivity index (χ2n) is 6.07. The highest BCUT2D eigenvalue weighted by molar-refractivity contribution is 5.84. The van der Waals surface area contributed by atoms with Gasteiger partial charge in [0.2, 0.25) is 5.91 Å². The third-order valence-electron chi connectivity index (χ3n) is 3.93. The van der Waals surface area contributed by atoms with Crippen LogP contribution in [0.15, 0.2) is 30.3 Å². The largest absolute Gasteiger partial charge is 0.349 e. The molecule has 0 N–H and O–H groups in total. The monoisotopic (exact) mass is 325 g/mol. The van der Waals surface area contributed by atoms with Gasteiger partial charge in [-0.05, 0) is 44.2 Å². The molecule has 2 aromatic heterocycles. The Morgan fingerprint density at radius 2 is 1.88 bits per heavy atom. The lowest BCUT2D eigenvalue weighted by Crippen LogP contribution is -2.23. The van der Waals surface area contributed by atoms with Crippen molar-refractivity contribution in [3.05, 3.63) is 53.1 Å². The number of aromatic nitrogens is 3. The normalized spacial score (nSPS) is 11.0. The summed E-state index contributed by atoms with van der Waals surface area (Å²) in [5, 5.41) is 4.63. The van der Waals surface area contributed by atoms with Crippen LogP contribution in [0.1, 0.15) is 17.0 Å². The van der Waals surface area contributed by atoms with Crippen molar-refractivity contribution in [1.29, 1.82) is 0 Å². The van der Waals surface area contributed by atoms with Crippen LogP contribution in [-0.2, 0) is 11.2 Å². The van der Waals surface area contributed by atoms with Crippen LogP contribution in [0.2, 0.25) is 0 Å². The molecule has 0 aliphatic carbocycles. The Kier molecular flexibility index (Phi) is 4.05. The van der Waals surface area contributed by atoms with Crippen LogP contribution in [0.3, 0.4) is 0 Å². The van der Waals surface area contributed by atoms with Gasteiger partial charge in [0, 0.05) is 36.6 Å². The zero-order valence-corrected chi connectivity index (χ0v) is 14.2. The van der Waals surface area contributed by atoms with E-state index >= 15 is 0 Å². The van der Waals surface area contributed by atoms with E-state index < -0.39 is 0 Å². The molecule has 3 rings (SSSR count). The molecular formula is C18H19FN4O. The van der Waals surface area contributed by atoms with Crippen molar-refractivity contribution in [3.8, 4) is 11.3 Å². The molecule has 0 fully saturated rings. The smallest absolute Gasteiger partial charge is 0.226 e. The molecule has 0 radical (unpaired) electrons. The number of likely N-dealkylation sites (N-methyl/N-ethyl adjacent to an activating group) is 1. The number of fused-ring (bicyclic) bond motifs is 1. The molecule has 5 nitrogen and oxygen atoms in total.